The van der Waals surface area contributed by atoms with Crippen LogP contribution in [0.1, 0.15) is 76.1 Å². The van der Waals surface area contributed by atoms with Crippen LogP contribution in [0.25, 0.3) is 11.4 Å². The Labute approximate surface area is 191 Å². The first-order valence-corrected chi connectivity index (χ1v) is 11.9. The van der Waals surface area contributed by atoms with Gasteiger partial charge in [0.1, 0.15) is 18.5 Å². The van der Waals surface area contributed by atoms with E-state index >= 15 is 0 Å². The number of nitrogens with one attached hydrogen (secondary N) is 1. The van der Waals surface area contributed by atoms with Crippen molar-refractivity contribution in [1.82, 2.24) is 15.3 Å². The van der Waals surface area contributed by atoms with Gasteiger partial charge in [0.25, 0.3) is 0 Å². The summed E-state index contributed by atoms with van der Waals surface area (Å²) in [6.07, 6.45) is 5.96. The molecule has 0 spiro atoms. The second-order valence-corrected chi connectivity index (χ2v) is 9.52. The molecule has 170 valence electrons. The van der Waals surface area contributed by atoms with Gasteiger partial charge in [-0.15, -0.1) is 0 Å². The van der Waals surface area contributed by atoms with Gasteiger partial charge < -0.3 is 15.2 Å². The molecule has 31 heavy (non-hydrogen) atoms. The molecule has 2 unspecified atom stereocenters. The van der Waals surface area contributed by atoms with Crippen LogP contribution in [0.3, 0.4) is 0 Å². The van der Waals surface area contributed by atoms with Crippen molar-refractivity contribution in [2.75, 3.05) is 20.2 Å². The lowest BCUT2D eigenvalue weighted by Crippen LogP contribution is -2.29. The van der Waals surface area contributed by atoms with Crippen molar-refractivity contribution in [2.24, 2.45) is 5.92 Å². The Morgan fingerprint density at radius 3 is 2.45 bits per heavy atom. The van der Waals surface area contributed by atoms with E-state index in [0.717, 1.165) is 17.0 Å². The average Bonchev–Trinajstić information content (AvgIpc) is 2.77. The number of likely N-dealkylation sites (N-methyl/N-ethyl adjacent to an activating group) is 1. The van der Waals surface area contributed by atoms with Crippen LogP contribution in [0.15, 0.2) is 24.3 Å². The fourth-order valence-electron chi connectivity index (χ4n) is 4.28. The molecule has 1 saturated carbocycles. The van der Waals surface area contributed by atoms with Crippen molar-refractivity contribution in [3.63, 3.8) is 0 Å². The molecule has 0 aliphatic heterocycles. The molecule has 1 fully saturated rings. The van der Waals surface area contributed by atoms with Gasteiger partial charge in [0.2, 0.25) is 0 Å². The molecular weight excluding hydrogens is 410 g/mol. The van der Waals surface area contributed by atoms with Gasteiger partial charge in [-0.05, 0) is 56.0 Å². The summed E-state index contributed by atoms with van der Waals surface area (Å²) < 4.78 is 5.78. The Balaban J connectivity index is 1.91. The van der Waals surface area contributed by atoms with Crippen molar-refractivity contribution >= 4 is 11.6 Å². The Hall–Kier alpha value is -1.69. The maximum absolute atomic E-state index is 9.94. The van der Waals surface area contributed by atoms with E-state index in [2.05, 4.69) is 32.2 Å². The highest BCUT2D eigenvalue weighted by Crippen LogP contribution is 2.36. The Morgan fingerprint density at radius 1 is 1.06 bits per heavy atom. The average molecular weight is 446 g/mol. The maximum atomic E-state index is 9.94. The largest absolute Gasteiger partial charge is 0.491 e. The van der Waals surface area contributed by atoms with Crippen LogP contribution < -0.4 is 10.1 Å². The number of hydrogen-bond acceptors (Lipinski definition) is 5. The van der Waals surface area contributed by atoms with Crippen molar-refractivity contribution < 1.29 is 9.84 Å². The number of benzene rings is 1. The molecule has 1 aromatic carbocycles. The summed E-state index contributed by atoms with van der Waals surface area (Å²) in [5, 5.41) is 13.4. The monoisotopic (exact) mass is 445 g/mol. The lowest BCUT2D eigenvalue weighted by atomic mass is 9.79. The smallest absolute Gasteiger partial charge is 0.159 e. The molecule has 1 aliphatic rings. The summed E-state index contributed by atoms with van der Waals surface area (Å²) in [4.78, 5) is 9.84. The second kappa shape index (κ2) is 11.3. The highest BCUT2D eigenvalue weighted by molar-refractivity contribution is 6.31. The van der Waals surface area contributed by atoms with Crippen LogP contribution in [0.2, 0.25) is 5.02 Å². The first-order valence-electron chi connectivity index (χ1n) is 11.5. The highest BCUT2D eigenvalue weighted by Gasteiger charge is 2.24. The molecule has 1 aromatic heterocycles. The minimum absolute atomic E-state index is 0.192. The minimum atomic E-state index is -0.587. The van der Waals surface area contributed by atoms with Gasteiger partial charge in [0, 0.05) is 34.4 Å². The third kappa shape index (κ3) is 6.64. The van der Waals surface area contributed by atoms with Crippen molar-refractivity contribution in [2.45, 2.75) is 70.8 Å². The molecule has 1 aliphatic carbocycles. The van der Waals surface area contributed by atoms with E-state index in [1.165, 1.54) is 32.1 Å². The second-order valence-electron chi connectivity index (χ2n) is 9.08. The SMILES string of the molecule is CNCC(O)COc1cc(Cl)cc(-c2nc(C(C)C)cc(C(C)C3CCCCC3)n2)c1. The zero-order valence-corrected chi connectivity index (χ0v) is 20.0. The molecule has 0 bridgehead atoms. The molecule has 2 N–H and O–H groups in total. The summed E-state index contributed by atoms with van der Waals surface area (Å²) in [5.41, 5.74) is 3.01. The molecular formula is C25H36ClN3O2. The van der Waals surface area contributed by atoms with Crippen LogP contribution >= 0.6 is 11.6 Å². The molecule has 0 saturated heterocycles. The number of halogens is 1. The van der Waals surface area contributed by atoms with Crippen LogP contribution in [-0.4, -0.2) is 41.4 Å². The van der Waals surface area contributed by atoms with Crippen molar-refractivity contribution in [1.29, 1.82) is 0 Å². The molecule has 3 rings (SSSR count). The van der Waals surface area contributed by atoms with Gasteiger partial charge in [-0.25, -0.2) is 9.97 Å². The number of nitrogens with zero attached hydrogens (tertiary/aromatic N) is 2. The molecule has 2 atom stereocenters. The van der Waals surface area contributed by atoms with E-state index in [9.17, 15) is 5.11 Å². The van der Waals surface area contributed by atoms with E-state index in [4.69, 9.17) is 26.3 Å². The summed E-state index contributed by atoms with van der Waals surface area (Å²) in [6.45, 7) is 7.29. The summed E-state index contributed by atoms with van der Waals surface area (Å²) >= 11 is 6.39. The lowest BCUT2D eigenvalue weighted by molar-refractivity contribution is 0.108. The molecule has 1 heterocycles. The minimum Gasteiger partial charge on any atom is -0.491 e. The van der Waals surface area contributed by atoms with Gasteiger partial charge in [0.05, 0.1) is 0 Å². The summed E-state index contributed by atoms with van der Waals surface area (Å²) in [7, 11) is 1.80. The van der Waals surface area contributed by atoms with E-state index in [-0.39, 0.29) is 6.61 Å². The Bertz CT molecular complexity index is 853. The molecule has 0 amide bonds. The van der Waals surface area contributed by atoms with E-state index < -0.39 is 6.10 Å². The molecule has 6 heteroatoms. The first-order chi connectivity index (χ1) is 14.9. The number of ether oxygens (including phenoxy) is 1. The predicted octanol–water partition coefficient (Wildman–Crippen LogP) is 5.56. The van der Waals surface area contributed by atoms with Gasteiger partial charge in [-0.2, -0.15) is 0 Å². The number of hydrogen-bond donors (Lipinski definition) is 2. The van der Waals surface area contributed by atoms with E-state index in [1.807, 2.05) is 12.1 Å². The van der Waals surface area contributed by atoms with Crippen LogP contribution in [-0.2, 0) is 0 Å². The standard InChI is InChI=1S/C25H36ClN3O2/c1-16(2)23-13-24(17(3)18-8-6-5-7-9-18)29-25(28-23)19-10-20(26)12-22(11-19)31-15-21(30)14-27-4/h10-13,16-18,21,27,30H,5-9,14-15H2,1-4H3. The highest BCUT2D eigenvalue weighted by atomic mass is 35.5. The van der Waals surface area contributed by atoms with Crippen molar-refractivity contribution in [3.8, 4) is 17.1 Å². The molecule has 2 aromatic rings. The predicted molar refractivity (Wildman–Crippen MR) is 127 cm³/mol. The summed E-state index contributed by atoms with van der Waals surface area (Å²) in [5.74, 6) is 2.70. The third-order valence-electron chi connectivity index (χ3n) is 6.19. The topological polar surface area (TPSA) is 67.3 Å². The zero-order valence-electron chi connectivity index (χ0n) is 19.2. The number of aliphatic hydroxyl groups is 1. The Morgan fingerprint density at radius 2 is 1.77 bits per heavy atom. The van der Waals surface area contributed by atoms with Crippen LogP contribution in [0.4, 0.5) is 0 Å². The van der Waals surface area contributed by atoms with Crippen molar-refractivity contribution in [3.05, 3.63) is 40.7 Å². The third-order valence-corrected chi connectivity index (χ3v) is 6.41. The fraction of sp³-hybridized carbons (Fsp3) is 0.600. The molecule has 0 radical (unpaired) electrons. The van der Waals surface area contributed by atoms with E-state index in [0.29, 0.717) is 40.9 Å². The lowest BCUT2D eigenvalue weighted by Gasteiger charge is -2.28. The van der Waals surface area contributed by atoms with Crippen LogP contribution in [0, 0.1) is 5.92 Å². The first kappa shape index (κ1) is 24.0. The summed E-state index contributed by atoms with van der Waals surface area (Å²) in [6, 6.07) is 7.73. The van der Waals surface area contributed by atoms with Crippen LogP contribution in [0.5, 0.6) is 5.75 Å². The zero-order chi connectivity index (χ0) is 22.4. The van der Waals surface area contributed by atoms with Gasteiger partial charge in [-0.1, -0.05) is 51.6 Å². The Kier molecular flexibility index (Phi) is 8.70. The molecule has 5 nitrogen and oxygen atoms in total. The number of aromatic nitrogens is 2. The van der Waals surface area contributed by atoms with E-state index in [1.54, 1.807) is 13.1 Å². The van der Waals surface area contributed by atoms with Gasteiger partial charge in [0.15, 0.2) is 5.82 Å². The number of rotatable bonds is 9. The maximum Gasteiger partial charge on any atom is 0.159 e. The fourth-order valence-corrected chi connectivity index (χ4v) is 4.51. The number of aliphatic hydroxyl groups excluding tert-OH is 1. The van der Waals surface area contributed by atoms with Gasteiger partial charge in [-0.3, -0.25) is 0 Å². The van der Waals surface area contributed by atoms with Gasteiger partial charge >= 0.3 is 0 Å². The normalized spacial score (nSPS) is 17.0. The quantitative estimate of drug-likeness (QED) is 0.528.